The molecule has 0 aliphatic heterocycles. The Morgan fingerprint density at radius 2 is 2.18 bits per heavy atom. The fourth-order valence-corrected chi connectivity index (χ4v) is 4.19. The van der Waals surface area contributed by atoms with E-state index in [9.17, 15) is 13.2 Å². The topological polar surface area (TPSA) is 74.7 Å². The number of rotatable bonds is 5. The molecule has 0 radical (unpaired) electrons. The first-order valence-corrected chi connectivity index (χ1v) is 7.32. The van der Waals surface area contributed by atoms with Crippen LogP contribution in [0.1, 0.15) is 12.5 Å². The summed E-state index contributed by atoms with van der Waals surface area (Å²) < 4.78 is 25.6. The number of aliphatic carboxylic acids is 1. The minimum atomic E-state index is -3.57. The average molecular weight is 277 g/mol. The standard InChI is InChI=1S/C10H15NO4S2/c1-7-4-5-16-10(7)17(14,15)11(3)6-8(2)9(12)13/h4-5,8H,6H2,1-3H3,(H,12,13). The lowest BCUT2D eigenvalue weighted by Gasteiger charge is -2.18. The van der Waals surface area contributed by atoms with E-state index >= 15 is 0 Å². The molecule has 7 heteroatoms. The van der Waals surface area contributed by atoms with Gasteiger partial charge in [-0.2, -0.15) is 4.31 Å². The molecule has 0 spiro atoms. The molecular weight excluding hydrogens is 262 g/mol. The molecule has 5 nitrogen and oxygen atoms in total. The molecule has 0 fully saturated rings. The average Bonchev–Trinajstić information content (AvgIpc) is 2.64. The van der Waals surface area contributed by atoms with E-state index in [1.54, 1.807) is 18.4 Å². The number of thiophene rings is 1. The second-order valence-corrected chi connectivity index (χ2v) is 7.07. The third-order valence-corrected chi connectivity index (χ3v) is 5.90. The van der Waals surface area contributed by atoms with Gasteiger partial charge < -0.3 is 5.11 Å². The van der Waals surface area contributed by atoms with Crippen molar-refractivity contribution in [2.24, 2.45) is 5.92 Å². The third kappa shape index (κ3) is 3.05. The predicted octanol–water partition coefficient (Wildman–Crippen LogP) is 1.40. The number of hydrogen-bond donors (Lipinski definition) is 1. The van der Waals surface area contributed by atoms with Gasteiger partial charge in [0.1, 0.15) is 4.21 Å². The van der Waals surface area contributed by atoms with Gasteiger partial charge >= 0.3 is 5.97 Å². The Hall–Kier alpha value is -0.920. The zero-order chi connectivity index (χ0) is 13.2. The Balaban J connectivity index is 2.93. The summed E-state index contributed by atoms with van der Waals surface area (Å²) in [7, 11) is -2.17. The predicted molar refractivity (Wildman–Crippen MR) is 65.7 cm³/mol. The molecule has 0 saturated carbocycles. The van der Waals surface area contributed by atoms with Crippen molar-refractivity contribution in [3.63, 3.8) is 0 Å². The van der Waals surface area contributed by atoms with Crippen LogP contribution in [0.2, 0.25) is 0 Å². The molecule has 0 aromatic carbocycles. The molecule has 96 valence electrons. The van der Waals surface area contributed by atoms with Crippen molar-refractivity contribution >= 4 is 27.3 Å². The summed E-state index contributed by atoms with van der Waals surface area (Å²) in [6.07, 6.45) is 0. The normalized spacial score (nSPS) is 13.9. The number of carboxylic acids is 1. The molecule has 1 aromatic heterocycles. The van der Waals surface area contributed by atoms with Gasteiger partial charge in [0.2, 0.25) is 0 Å². The van der Waals surface area contributed by atoms with Crippen molar-refractivity contribution in [1.82, 2.24) is 4.31 Å². The molecule has 0 aliphatic carbocycles. The van der Waals surface area contributed by atoms with E-state index in [0.717, 1.165) is 15.6 Å². The second-order valence-electron chi connectivity index (χ2n) is 3.92. The molecule has 0 saturated heterocycles. The first-order chi connectivity index (χ1) is 7.76. The number of aryl methyl sites for hydroxylation is 1. The van der Waals surface area contributed by atoms with Crippen molar-refractivity contribution in [3.8, 4) is 0 Å². The smallest absolute Gasteiger partial charge is 0.307 e. The summed E-state index contributed by atoms with van der Waals surface area (Å²) in [6.45, 7) is 3.17. The van der Waals surface area contributed by atoms with Gasteiger partial charge in [-0.05, 0) is 23.9 Å². The van der Waals surface area contributed by atoms with Gasteiger partial charge in [-0.3, -0.25) is 4.79 Å². The largest absolute Gasteiger partial charge is 0.481 e. The highest BCUT2D eigenvalue weighted by molar-refractivity contribution is 7.91. The highest BCUT2D eigenvalue weighted by Gasteiger charge is 2.26. The summed E-state index contributed by atoms with van der Waals surface area (Å²) in [5.41, 5.74) is 0.685. The van der Waals surface area contributed by atoms with Crippen LogP contribution in [0.5, 0.6) is 0 Å². The van der Waals surface area contributed by atoms with Crippen LogP contribution in [0.4, 0.5) is 0 Å². The SMILES string of the molecule is Cc1ccsc1S(=O)(=O)N(C)CC(C)C(=O)O. The maximum atomic E-state index is 12.1. The van der Waals surface area contributed by atoms with Crippen molar-refractivity contribution < 1.29 is 18.3 Å². The molecule has 1 unspecified atom stereocenters. The fourth-order valence-electron chi connectivity index (χ4n) is 1.33. The molecule has 0 aliphatic rings. The summed E-state index contributed by atoms with van der Waals surface area (Å²) in [5.74, 6) is -1.73. The highest BCUT2D eigenvalue weighted by Crippen LogP contribution is 2.25. The molecule has 0 amide bonds. The van der Waals surface area contributed by atoms with Crippen LogP contribution in [0.15, 0.2) is 15.7 Å². The van der Waals surface area contributed by atoms with Gasteiger partial charge in [0.25, 0.3) is 10.0 Å². The molecular formula is C10H15NO4S2. The van der Waals surface area contributed by atoms with Crippen molar-refractivity contribution in [1.29, 1.82) is 0 Å². The Morgan fingerprint density at radius 3 is 2.59 bits per heavy atom. The molecule has 0 bridgehead atoms. The first-order valence-electron chi connectivity index (χ1n) is 5.00. The Kier molecular flexibility index (Phi) is 4.29. The number of hydrogen-bond acceptors (Lipinski definition) is 4. The molecule has 1 aromatic rings. The van der Waals surface area contributed by atoms with Crippen LogP contribution in [0, 0.1) is 12.8 Å². The van der Waals surface area contributed by atoms with Crippen LogP contribution in [-0.4, -0.2) is 37.4 Å². The van der Waals surface area contributed by atoms with Gasteiger partial charge in [-0.1, -0.05) is 6.92 Å². The van der Waals surface area contributed by atoms with E-state index in [-0.39, 0.29) is 10.8 Å². The van der Waals surface area contributed by atoms with E-state index in [0.29, 0.717) is 5.56 Å². The molecule has 1 atom stereocenters. The maximum Gasteiger partial charge on any atom is 0.307 e. The number of carboxylic acid groups (broad SMARTS) is 1. The Labute approximate surface area is 105 Å². The lowest BCUT2D eigenvalue weighted by atomic mass is 10.2. The van der Waals surface area contributed by atoms with Crippen LogP contribution >= 0.6 is 11.3 Å². The van der Waals surface area contributed by atoms with E-state index in [4.69, 9.17) is 5.11 Å². The molecule has 1 rings (SSSR count). The van der Waals surface area contributed by atoms with Crippen LogP contribution in [0.3, 0.4) is 0 Å². The molecule has 1 N–H and O–H groups in total. The number of carbonyl (C=O) groups is 1. The third-order valence-electron chi connectivity index (χ3n) is 2.41. The lowest BCUT2D eigenvalue weighted by molar-refractivity contribution is -0.141. The highest BCUT2D eigenvalue weighted by atomic mass is 32.2. The minimum Gasteiger partial charge on any atom is -0.481 e. The van der Waals surface area contributed by atoms with E-state index < -0.39 is 21.9 Å². The van der Waals surface area contributed by atoms with Gasteiger partial charge in [-0.25, -0.2) is 8.42 Å². The Morgan fingerprint density at radius 1 is 1.59 bits per heavy atom. The maximum absolute atomic E-state index is 12.1. The summed E-state index contributed by atoms with van der Waals surface area (Å²) in [6, 6.07) is 1.73. The fraction of sp³-hybridized carbons (Fsp3) is 0.500. The Bertz CT molecular complexity index is 506. The monoisotopic (exact) mass is 277 g/mol. The van der Waals surface area contributed by atoms with Gasteiger partial charge in [-0.15, -0.1) is 11.3 Å². The van der Waals surface area contributed by atoms with Gasteiger partial charge in [0, 0.05) is 13.6 Å². The van der Waals surface area contributed by atoms with E-state index in [1.807, 2.05) is 0 Å². The first kappa shape index (κ1) is 14.1. The van der Waals surface area contributed by atoms with E-state index in [2.05, 4.69) is 0 Å². The molecule has 17 heavy (non-hydrogen) atoms. The van der Waals surface area contributed by atoms with Crippen LogP contribution in [-0.2, 0) is 14.8 Å². The minimum absolute atomic E-state index is 0.0327. The van der Waals surface area contributed by atoms with Crippen molar-refractivity contribution in [2.75, 3.05) is 13.6 Å². The molecule has 1 heterocycles. The van der Waals surface area contributed by atoms with Crippen LogP contribution < -0.4 is 0 Å². The van der Waals surface area contributed by atoms with Crippen molar-refractivity contribution in [3.05, 3.63) is 17.0 Å². The number of nitrogens with zero attached hydrogens (tertiary/aromatic N) is 1. The second kappa shape index (κ2) is 5.16. The van der Waals surface area contributed by atoms with Crippen molar-refractivity contribution in [2.45, 2.75) is 18.1 Å². The van der Waals surface area contributed by atoms with Gasteiger partial charge in [0.15, 0.2) is 0 Å². The zero-order valence-corrected chi connectivity index (χ0v) is 11.5. The summed E-state index contributed by atoms with van der Waals surface area (Å²) in [5, 5.41) is 10.5. The summed E-state index contributed by atoms with van der Waals surface area (Å²) >= 11 is 1.14. The van der Waals surface area contributed by atoms with E-state index in [1.165, 1.54) is 14.0 Å². The quantitative estimate of drug-likeness (QED) is 0.882. The summed E-state index contributed by atoms with van der Waals surface area (Å²) in [4.78, 5) is 10.7. The van der Waals surface area contributed by atoms with Gasteiger partial charge in [0.05, 0.1) is 5.92 Å². The van der Waals surface area contributed by atoms with Crippen LogP contribution in [0.25, 0.3) is 0 Å². The number of sulfonamides is 1. The lowest BCUT2D eigenvalue weighted by Crippen LogP contribution is -2.33. The zero-order valence-electron chi connectivity index (χ0n) is 9.87.